The topological polar surface area (TPSA) is 90.3 Å². The van der Waals surface area contributed by atoms with Crippen LogP contribution in [-0.2, 0) is 14.8 Å². The maximum atomic E-state index is 13.3. The minimum atomic E-state index is -4.26. The van der Waals surface area contributed by atoms with E-state index < -0.39 is 35.7 Å². The molecular formula is C21H22ClN3O4S. The Balaban J connectivity index is 2.17. The number of hydrogen-bond donors (Lipinski definition) is 1. The second kappa shape index (κ2) is 8.49. The van der Waals surface area contributed by atoms with Gasteiger partial charge in [0.05, 0.1) is 18.4 Å². The molecule has 0 radical (unpaired) electrons. The van der Waals surface area contributed by atoms with Crippen molar-refractivity contribution in [1.29, 1.82) is 0 Å². The number of rotatable bonds is 6. The Morgan fingerprint density at radius 2 is 2.00 bits per heavy atom. The summed E-state index contributed by atoms with van der Waals surface area (Å²) in [5, 5.41) is 2.12. The molecule has 30 heavy (non-hydrogen) atoms. The van der Waals surface area contributed by atoms with E-state index in [0.29, 0.717) is 0 Å². The standard InChI is InChI=1S/C21H22ClN3O4S/c1-13(2)24-20-10-17(18(22)11-23-20)15-9-19(21(26)29-4)25(12-15)30(27,28)16-7-5-14(3)6-8-16/h5-13H,1-4H3,(H,23,24)/i1D3,2D3,13D. The lowest BCUT2D eigenvalue weighted by molar-refractivity contribution is 0.0593. The van der Waals surface area contributed by atoms with Gasteiger partial charge in [-0.1, -0.05) is 29.3 Å². The zero-order chi connectivity index (χ0) is 28.0. The number of aryl methyl sites for hydroxylation is 1. The molecule has 158 valence electrons. The molecule has 0 atom stereocenters. The molecule has 0 saturated carbocycles. The molecule has 0 aliphatic heterocycles. The minimum Gasteiger partial charge on any atom is -0.464 e. The van der Waals surface area contributed by atoms with Gasteiger partial charge in [0.25, 0.3) is 10.0 Å². The van der Waals surface area contributed by atoms with E-state index in [9.17, 15) is 13.2 Å². The van der Waals surface area contributed by atoms with Crippen molar-refractivity contribution in [1.82, 2.24) is 8.96 Å². The van der Waals surface area contributed by atoms with Crippen LogP contribution in [0, 0.1) is 6.92 Å². The molecule has 0 fully saturated rings. The Kier molecular flexibility index (Phi) is 4.02. The number of hydrogen-bond acceptors (Lipinski definition) is 6. The van der Waals surface area contributed by atoms with Gasteiger partial charge < -0.3 is 10.1 Å². The molecule has 9 heteroatoms. The molecular weight excluding hydrogens is 426 g/mol. The molecule has 0 saturated heterocycles. The van der Waals surface area contributed by atoms with Crippen LogP contribution in [0.25, 0.3) is 11.1 Å². The monoisotopic (exact) mass is 454 g/mol. The first kappa shape index (κ1) is 14.2. The average Bonchev–Trinajstić information content (AvgIpc) is 3.25. The fourth-order valence-electron chi connectivity index (χ4n) is 2.72. The lowest BCUT2D eigenvalue weighted by Gasteiger charge is -2.11. The highest BCUT2D eigenvalue weighted by Crippen LogP contribution is 2.32. The van der Waals surface area contributed by atoms with E-state index in [0.717, 1.165) is 35.1 Å². The van der Waals surface area contributed by atoms with Gasteiger partial charge in [-0.2, -0.15) is 0 Å². The summed E-state index contributed by atoms with van der Waals surface area (Å²) in [6.07, 6.45) is 2.19. The lowest BCUT2D eigenvalue weighted by atomic mass is 10.1. The summed E-state index contributed by atoms with van der Waals surface area (Å²) in [6.45, 7) is -4.77. The number of nitrogens with one attached hydrogen (secondary N) is 1. The number of carbonyl (C=O) groups is 1. The maximum Gasteiger partial charge on any atom is 0.355 e. The van der Waals surface area contributed by atoms with Gasteiger partial charge in [-0.25, -0.2) is 22.2 Å². The van der Waals surface area contributed by atoms with E-state index >= 15 is 0 Å². The van der Waals surface area contributed by atoms with Crippen LogP contribution in [0.2, 0.25) is 5.02 Å². The van der Waals surface area contributed by atoms with E-state index in [1.54, 1.807) is 19.1 Å². The molecule has 7 nitrogen and oxygen atoms in total. The number of methoxy groups -OCH3 is 1. The van der Waals surface area contributed by atoms with Crippen LogP contribution in [0.3, 0.4) is 0 Å². The predicted octanol–water partition coefficient (Wildman–Crippen LogP) is 4.36. The molecule has 3 aromatic rings. The van der Waals surface area contributed by atoms with Crippen molar-refractivity contribution in [3.63, 3.8) is 0 Å². The molecule has 2 aromatic heterocycles. The first-order chi connectivity index (χ1) is 16.9. The molecule has 0 unspecified atom stereocenters. The van der Waals surface area contributed by atoms with Crippen molar-refractivity contribution in [3.05, 3.63) is 65.1 Å². The van der Waals surface area contributed by atoms with Gasteiger partial charge in [0.2, 0.25) is 0 Å². The van der Waals surface area contributed by atoms with E-state index in [2.05, 4.69) is 10.3 Å². The number of carbonyl (C=O) groups excluding carboxylic acids is 1. The highest BCUT2D eigenvalue weighted by atomic mass is 35.5. The van der Waals surface area contributed by atoms with E-state index in [-0.39, 0.29) is 32.6 Å². The Morgan fingerprint density at radius 1 is 1.30 bits per heavy atom. The summed E-state index contributed by atoms with van der Waals surface area (Å²) in [5.41, 5.74) is 0.661. The van der Waals surface area contributed by atoms with Crippen molar-refractivity contribution < 1.29 is 27.5 Å². The smallest absolute Gasteiger partial charge is 0.355 e. The van der Waals surface area contributed by atoms with E-state index in [4.69, 9.17) is 25.9 Å². The first-order valence-electron chi connectivity index (χ1n) is 12.0. The number of anilines is 1. The number of pyridine rings is 1. The Morgan fingerprint density at radius 3 is 2.63 bits per heavy atom. The van der Waals surface area contributed by atoms with Crippen LogP contribution >= 0.6 is 11.6 Å². The van der Waals surface area contributed by atoms with E-state index in [1.807, 2.05) is 0 Å². The molecule has 0 bridgehead atoms. The molecule has 0 aliphatic rings. The lowest BCUT2D eigenvalue weighted by Crippen LogP contribution is -2.18. The Bertz CT molecular complexity index is 1420. The second-order valence-corrected chi connectivity index (χ2v) is 8.49. The van der Waals surface area contributed by atoms with Gasteiger partial charge >= 0.3 is 5.97 Å². The number of esters is 1. The molecule has 0 spiro atoms. The molecule has 3 rings (SSSR count). The van der Waals surface area contributed by atoms with Crippen LogP contribution in [0.4, 0.5) is 5.82 Å². The van der Waals surface area contributed by atoms with Gasteiger partial charge in [-0.15, -0.1) is 0 Å². The third-order valence-corrected chi connectivity index (χ3v) is 6.17. The highest BCUT2D eigenvalue weighted by molar-refractivity contribution is 7.90. The Labute approximate surface area is 190 Å². The van der Waals surface area contributed by atoms with Crippen LogP contribution < -0.4 is 5.32 Å². The summed E-state index contributed by atoms with van der Waals surface area (Å²) in [4.78, 5) is 16.2. The van der Waals surface area contributed by atoms with Crippen molar-refractivity contribution in [2.45, 2.75) is 31.5 Å². The quantitative estimate of drug-likeness (QED) is 0.556. The average molecular weight is 455 g/mol. The number of halogens is 1. The largest absolute Gasteiger partial charge is 0.464 e. The van der Waals surface area contributed by atoms with Crippen LogP contribution in [0.1, 0.15) is 39.4 Å². The van der Waals surface area contributed by atoms with Crippen LogP contribution in [0.5, 0.6) is 0 Å². The van der Waals surface area contributed by atoms with Crippen LogP contribution in [-0.4, -0.2) is 36.5 Å². The van der Waals surface area contributed by atoms with Gasteiger partial charge in [0.1, 0.15) is 11.5 Å². The van der Waals surface area contributed by atoms with Gasteiger partial charge in [0.15, 0.2) is 0 Å². The SMILES string of the molecule is [2H]C([2H])([2H])C([2H])(Nc1cc(-c2cc(C(=O)OC)n(S(=O)(=O)c3ccc(C)cc3)c2)c(Cl)cn1)C([2H])([2H])[2H]. The molecule has 2 heterocycles. The summed E-state index contributed by atoms with van der Waals surface area (Å²) in [5.74, 6) is -1.28. The highest BCUT2D eigenvalue weighted by Gasteiger charge is 2.26. The predicted molar refractivity (Wildman–Crippen MR) is 117 cm³/mol. The van der Waals surface area contributed by atoms with Crippen molar-refractivity contribution in [2.24, 2.45) is 0 Å². The van der Waals surface area contributed by atoms with Crippen molar-refractivity contribution in [3.8, 4) is 11.1 Å². The normalized spacial score (nSPS) is 16.2. The summed E-state index contributed by atoms with van der Waals surface area (Å²) in [6, 6.07) is 5.18. The number of aromatic nitrogens is 2. The third-order valence-electron chi connectivity index (χ3n) is 4.18. The maximum absolute atomic E-state index is 13.3. The van der Waals surface area contributed by atoms with Gasteiger partial charge in [-0.3, -0.25) is 0 Å². The fourth-order valence-corrected chi connectivity index (χ4v) is 4.28. The zero-order valence-electron chi connectivity index (χ0n) is 22.9. The van der Waals surface area contributed by atoms with Crippen LogP contribution in [0.15, 0.2) is 53.7 Å². The second-order valence-electron chi connectivity index (χ2n) is 6.27. The third kappa shape index (κ3) is 4.34. The number of benzene rings is 1. The number of ether oxygens (including phenoxy) is 1. The summed E-state index contributed by atoms with van der Waals surface area (Å²) < 4.78 is 85.7. The fraction of sp³-hybridized carbons (Fsp3) is 0.238. The van der Waals surface area contributed by atoms with Crippen molar-refractivity contribution in [2.75, 3.05) is 12.4 Å². The summed E-state index contributed by atoms with van der Waals surface area (Å²) >= 11 is 6.27. The summed E-state index contributed by atoms with van der Waals surface area (Å²) in [7, 11) is -3.18. The molecule has 0 amide bonds. The molecule has 1 N–H and O–H groups in total. The molecule has 0 aliphatic carbocycles. The Hall–Kier alpha value is -2.84. The van der Waals surface area contributed by atoms with Crippen molar-refractivity contribution >= 4 is 33.4 Å². The molecule has 1 aromatic carbocycles. The van der Waals surface area contributed by atoms with E-state index in [1.165, 1.54) is 18.2 Å². The van der Waals surface area contributed by atoms with Gasteiger partial charge in [-0.05, 0) is 44.9 Å². The minimum absolute atomic E-state index is 0.0230. The zero-order valence-corrected chi connectivity index (χ0v) is 17.5. The first-order valence-corrected chi connectivity index (χ1v) is 10.3. The van der Waals surface area contributed by atoms with Gasteiger partial charge in [0, 0.05) is 37.8 Å². The number of nitrogens with zero attached hydrogens (tertiary/aromatic N) is 2.